The summed E-state index contributed by atoms with van der Waals surface area (Å²) in [5.74, 6) is 0.0992. The summed E-state index contributed by atoms with van der Waals surface area (Å²) in [5, 5.41) is 15.5. The van der Waals surface area contributed by atoms with Gasteiger partial charge in [-0.25, -0.2) is 0 Å². The molecule has 0 aliphatic heterocycles. The summed E-state index contributed by atoms with van der Waals surface area (Å²) < 4.78 is 0.843. The van der Waals surface area contributed by atoms with E-state index >= 15 is 0 Å². The topological polar surface area (TPSA) is 70.6 Å². The summed E-state index contributed by atoms with van der Waals surface area (Å²) in [6.07, 6.45) is 0. The standard InChI is InChI=1S/C14H13BrClN3O/c15-13-11(16)2-1-3-12(13)18-8-9-4-6-10(7-5-9)14(17)19-20/h1-7,18,20H,8H2,(H2,17,19). The third-order valence-corrected chi connectivity index (χ3v) is 4.19. The second kappa shape index (κ2) is 6.63. The van der Waals surface area contributed by atoms with Crippen LogP contribution in [0.25, 0.3) is 0 Å². The van der Waals surface area contributed by atoms with Crippen molar-refractivity contribution < 1.29 is 5.21 Å². The van der Waals surface area contributed by atoms with E-state index in [1.54, 1.807) is 12.1 Å². The van der Waals surface area contributed by atoms with Gasteiger partial charge in [0, 0.05) is 12.1 Å². The fourth-order valence-corrected chi connectivity index (χ4v) is 2.27. The van der Waals surface area contributed by atoms with Gasteiger partial charge < -0.3 is 16.3 Å². The van der Waals surface area contributed by atoms with Crippen LogP contribution in [-0.4, -0.2) is 11.0 Å². The molecular formula is C14H13BrClN3O. The predicted octanol–water partition coefficient (Wildman–Crippen LogP) is 3.81. The van der Waals surface area contributed by atoms with E-state index in [9.17, 15) is 0 Å². The molecule has 0 atom stereocenters. The van der Waals surface area contributed by atoms with Crippen LogP contribution >= 0.6 is 27.5 Å². The summed E-state index contributed by atoms with van der Waals surface area (Å²) >= 11 is 9.47. The number of benzene rings is 2. The number of nitrogens with one attached hydrogen (secondary N) is 1. The maximum Gasteiger partial charge on any atom is 0.170 e. The number of nitrogens with two attached hydrogens (primary N) is 1. The molecule has 0 saturated heterocycles. The first kappa shape index (κ1) is 14.7. The number of nitrogens with zero attached hydrogens (tertiary/aromatic N) is 1. The van der Waals surface area contributed by atoms with Crippen LogP contribution in [0.15, 0.2) is 52.1 Å². The van der Waals surface area contributed by atoms with Crippen molar-refractivity contribution >= 4 is 39.1 Å². The van der Waals surface area contributed by atoms with Gasteiger partial charge in [0.15, 0.2) is 5.84 Å². The van der Waals surface area contributed by atoms with E-state index in [-0.39, 0.29) is 5.84 Å². The van der Waals surface area contributed by atoms with Gasteiger partial charge in [-0.1, -0.05) is 47.1 Å². The molecule has 2 aromatic rings. The molecule has 4 nitrogen and oxygen atoms in total. The first-order chi connectivity index (χ1) is 9.61. The number of amidine groups is 1. The number of hydrogen-bond donors (Lipinski definition) is 3. The molecule has 104 valence electrons. The Labute approximate surface area is 130 Å². The number of anilines is 1. The zero-order valence-corrected chi connectivity index (χ0v) is 12.8. The van der Waals surface area contributed by atoms with Gasteiger partial charge in [0.05, 0.1) is 15.2 Å². The molecule has 6 heteroatoms. The lowest BCUT2D eigenvalue weighted by Crippen LogP contribution is -2.13. The molecule has 0 aliphatic carbocycles. The number of rotatable bonds is 4. The Morgan fingerprint density at radius 3 is 2.60 bits per heavy atom. The molecule has 0 spiro atoms. The highest BCUT2D eigenvalue weighted by atomic mass is 79.9. The molecule has 0 heterocycles. The fourth-order valence-electron chi connectivity index (χ4n) is 1.69. The van der Waals surface area contributed by atoms with E-state index in [0.29, 0.717) is 17.1 Å². The Morgan fingerprint density at radius 2 is 1.95 bits per heavy atom. The van der Waals surface area contributed by atoms with Gasteiger partial charge in [0.2, 0.25) is 0 Å². The highest BCUT2D eigenvalue weighted by Gasteiger charge is 2.04. The highest BCUT2D eigenvalue weighted by Crippen LogP contribution is 2.30. The van der Waals surface area contributed by atoms with Crippen LogP contribution in [0.1, 0.15) is 11.1 Å². The molecule has 0 bridgehead atoms. The molecule has 2 aromatic carbocycles. The summed E-state index contributed by atoms with van der Waals surface area (Å²) in [6, 6.07) is 13.1. The largest absolute Gasteiger partial charge is 0.409 e. The molecular weight excluding hydrogens is 342 g/mol. The Hall–Kier alpha value is -1.72. The van der Waals surface area contributed by atoms with Crippen LogP contribution < -0.4 is 11.1 Å². The first-order valence-corrected chi connectivity index (χ1v) is 7.03. The van der Waals surface area contributed by atoms with Crippen molar-refractivity contribution in [3.8, 4) is 0 Å². The minimum atomic E-state index is 0.0992. The Balaban J connectivity index is 2.06. The van der Waals surface area contributed by atoms with Gasteiger partial charge in [-0.2, -0.15) is 0 Å². The van der Waals surface area contributed by atoms with Gasteiger partial charge in [-0.15, -0.1) is 0 Å². The molecule has 0 radical (unpaired) electrons. The van der Waals surface area contributed by atoms with Crippen LogP contribution in [-0.2, 0) is 6.54 Å². The van der Waals surface area contributed by atoms with E-state index in [4.69, 9.17) is 22.5 Å². The van der Waals surface area contributed by atoms with Gasteiger partial charge >= 0.3 is 0 Å². The predicted molar refractivity (Wildman–Crippen MR) is 85.4 cm³/mol. The van der Waals surface area contributed by atoms with Crippen molar-refractivity contribution in [2.75, 3.05) is 5.32 Å². The molecule has 20 heavy (non-hydrogen) atoms. The van der Waals surface area contributed by atoms with Crippen LogP contribution in [0, 0.1) is 0 Å². The minimum absolute atomic E-state index is 0.0992. The average molecular weight is 355 g/mol. The molecule has 0 aliphatic rings. The Kier molecular flexibility index (Phi) is 4.87. The molecule has 0 saturated carbocycles. The van der Waals surface area contributed by atoms with E-state index in [2.05, 4.69) is 26.4 Å². The number of halogens is 2. The maximum absolute atomic E-state index is 8.60. The first-order valence-electron chi connectivity index (χ1n) is 5.86. The zero-order chi connectivity index (χ0) is 14.5. The van der Waals surface area contributed by atoms with E-state index in [1.807, 2.05) is 30.3 Å². The number of hydrogen-bond acceptors (Lipinski definition) is 3. The van der Waals surface area contributed by atoms with E-state index in [1.165, 1.54) is 0 Å². The lowest BCUT2D eigenvalue weighted by Gasteiger charge is -2.10. The molecule has 4 N–H and O–H groups in total. The third kappa shape index (κ3) is 3.43. The summed E-state index contributed by atoms with van der Waals surface area (Å²) in [6.45, 7) is 0.648. The van der Waals surface area contributed by atoms with Crippen molar-refractivity contribution in [2.45, 2.75) is 6.54 Å². The van der Waals surface area contributed by atoms with Crippen molar-refractivity contribution in [3.05, 3.63) is 63.1 Å². The Morgan fingerprint density at radius 1 is 1.25 bits per heavy atom. The highest BCUT2D eigenvalue weighted by molar-refractivity contribution is 9.10. The van der Waals surface area contributed by atoms with E-state index in [0.717, 1.165) is 15.7 Å². The smallest absolute Gasteiger partial charge is 0.170 e. The zero-order valence-electron chi connectivity index (χ0n) is 10.5. The third-order valence-electron chi connectivity index (χ3n) is 2.79. The molecule has 0 aromatic heterocycles. The van der Waals surface area contributed by atoms with Crippen LogP contribution in [0.3, 0.4) is 0 Å². The van der Waals surface area contributed by atoms with Crippen LogP contribution in [0.5, 0.6) is 0 Å². The molecule has 2 rings (SSSR count). The van der Waals surface area contributed by atoms with Crippen molar-refractivity contribution in [1.29, 1.82) is 0 Å². The monoisotopic (exact) mass is 353 g/mol. The van der Waals surface area contributed by atoms with Crippen molar-refractivity contribution in [3.63, 3.8) is 0 Å². The van der Waals surface area contributed by atoms with Crippen LogP contribution in [0.4, 0.5) is 5.69 Å². The van der Waals surface area contributed by atoms with E-state index < -0.39 is 0 Å². The fraction of sp³-hybridized carbons (Fsp3) is 0.0714. The SMILES string of the molecule is N/C(=N/O)c1ccc(CNc2cccc(Cl)c2Br)cc1. The lowest BCUT2D eigenvalue weighted by molar-refractivity contribution is 0.318. The summed E-state index contributed by atoms with van der Waals surface area (Å²) in [4.78, 5) is 0. The summed E-state index contributed by atoms with van der Waals surface area (Å²) in [7, 11) is 0. The minimum Gasteiger partial charge on any atom is -0.409 e. The number of oxime groups is 1. The van der Waals surface area contributed by atoms with Crippen molar-refractivity contribution in [1.82, 2.24) is 0 Å². The molecule has 0 amide bonds. The second-order valence-corrected chi connectivity index (χ2v) is 5.34. The Bertz CT molecular complexity index is 629. The van der Waals surface area contributed by atoms with Gasteiger partial charge in [-0.3, -0.25) is 0 Å². The second-order valence-electron chi connectivity index (χ2n) is 4.14. The molecule has 0 unspecified atom stereocenters. The summed E-state index contributed by atoms with van der Waals surface area (Å²) in [5.41, 5.74) is 8.19. The van der Waals surface area contributed by atoms with Crippen molar-refractivity contribution in [2.24, 2.45) is 10.9 Å². The normalized spacial score (nSPS) is 11.4. The molecule has 0 fully saturated rings. The maximum atomic E-state index is 8.60. The average Bonchev–Trinajstić information content (AvgIpc) is 2.48. The lowest BCUT2D eigenvalue weighted by atomic mass is 10.1. The van der Waals surface area contributed by atoms with Gasteiger partial charge in [0.25, 0.3) is 0 Å². The van der Waals surface area contributed by atoms with Gasteiger partial charge in [0.1, 0.15) is 0 Å². The van der Waals surface area contributed by atoms with Crippen LogP contribution in [0.2, 0.25) is 5.02 Å². The quantitative estimate of drug-likeness (QED) is 0.338. The van der Waals surface area contributed by atoms with Gasteiger partial charge in [-0.05, 0) is 33.6 Å².